The van der Waals surface area contributed by atoms with E-state index in [1.165, 1.54) is 25.1 Å². The summed E-state index contributed by atoms with van der Waals surface area (Å²) in [6, 6.07) is 3.95. The van der Waals surface area contributed by atoms with Crippen LogP contribution in [0.4, 0.5) is 0 Å². The Kier molecular flexibility index (Phi) is 4.34. The molecule has 0 aliphatic carbocycles. The quantitative estimate of drug-likeness (QED) is 0.460. The Balaban J connectivity index is 2.98. The molecule has 0 spiro atoms. The Bertz CT molecular complexity index is 503. The number of amides is 1. The smallest absolute Gasteiger partial charge is 0.329 e. The lowest BCUT2D eigenvalue weighted by Gasteiger charge is -2.26. The van der Waals surface area contributed by atoms with Crippen LogP contribution in [0.3, 0.4) is 0 Å². The van der Waals surface area contributed by atoms with Crippen LogP contribution < -0.4 is 11.1 Å². The van der Waals surface area contributed by atoms with Crippen molar-refractivity contribution < 1.29 is 24.9 Å². The lowest BCUT2D eigenvalue weighted by atomic mass is 9.92. The first-order valence-corrected chi connectivity index (χ1v) is 5.54. The first-order valence-electron chi connectivity index (χ1n) is 5.54. The van der Waals surface area contributed by atoms with Crippen molar-refractivity contribution in [1.29, 1.82) is 0 Å². The Hall–Kier alpha value is -2.28. The fraction of sp³-hybridized carbons (Fsp3) is 0.333. The number of phenolic OH excluding ortho intramolecular Hbond substituents is 2. The van der Waals surface area contributed by atoms with Gasteiger partial charge in [-0.1, -0.05) is 6.07 Å². The molecular formula is C12H16N2O5. The highest BCUT2D eigenvalue weighted by Gasteiger charge is 2.34. The molecule has 7 heteroatoms. The highest BCUT2D eigenvalue weighted by Crippen LogP contribution is 2.26. The molecule has 0 saturated heterocycles. The van der Waals surface area contributed by atoms with Crippen molar-refractivity contribution in [2.75, 3.05) is 6.54 Å². The lowest BCUT2D eigenvalue weighted by molar-refractivity contribution is -0.146. The molecule has 7 nitrogen and oxygen atoms in total. The van der Waals surface area contributed by atoms with Crippen molar-refractivity contribution in [1.82, 2.24) is 5.32 Å². The van der Waals surface area contributed by atoms with Crippen LogP contribution >= 0.6 is 0 Å². The van der Waals surface area contributed by atoms with E-state index in [4.69, 9.17) is 5.73 Å². The molecule has 0 aliphatic heterocycles. The van der Waals surface area contributed by atoms with Crippen molar-refractivity contribution in [2.45, 2.75) is 18.9 Å². The van der Waals surface area contributed by atoms with Crippen LogP contribution in [0.2, 0.25) is 0 Å². The number of hydrogen-bond donors (Lipinski definition) is 5. The van der Waals surface area contributed by atoms with E-state index >= 15 is 0 Å². The van der Waals surface area contributed by atoms with Crippen molar-refractivity contribution in [3.8, 4) is 11.5 Å². The van der Waals surface area contributed by atoms with Gasteiger partial charge in [0.15, 0.2) is 11.5 Å². The number of benzene rings is 1. The Morgan fingerprint density at radius 3 is 2.42 bits per heavy atom. The number of phenols is 2. The minimum Gasteiger partial charge on any atom is -0.504 e. The fourth-order valence-electron chi connectivity index (χ4n) is 1.62. The number of carbonyl (C=O) groups excluding carboxylic acids is 1. The number of carbonyl (C=O) groups is 2. The van der Waals surface area contributed by atoms with Gasteiger partial charge in [0.25, 0.3) is 0 Å². The van der Waals surface area contributed by atoms with Crippen molar-refractivity contribution >= 4 is 11.9 Å². The van der Waals surface area contributed by atoms with Crippen LogP contribution in [-0.4, -0.2) is 39.3 Å². The Morgan fingerprint density at radius 1 is 1.32 bits per heavy atom. The van der Waals surface area contributed by atoms with Gasteiger partial charge in [-0.2, -0.15) is 0 Å². The Morgan fingerprint density at radius 2 is 1.95 bits per heavy atom. The summed E-state index contributed by atoms with van der Waals surface area (Å²) in [5.41, 5.74) is 4.05. The second kappa shape index (κ2) is 5.57. The van der Waals surface area contributed by atoms with Gasteiger partial charge in [-0.3, -0.25) is 4.79 Å². The maximum Gasteiger partial charge on any atom is 0.329 e. The average Bonchev–Trinajstić information content (AvgIpc) is 2.33. The molecule has 1 atom stereocenters. The Labute approximate surface area is 109 Å². The second-order valence-corrected chi connectivity index (χ2v) is 4.39. The highest BCUT2D eigenvalue weighted by atomic mass is 16.4. The monoisotopic (exact) mass is 268 g/mol. The fourth-order valence-corrected chi connectivity index (χ4v) is 1.62. The normalized spacial score (nSPS) is 13.6. The van der Waals surface area contributed by atoms with E-state index < -0.39 is 17.4 Å². The highest BCUT2D eigenvalue weighted by molar-refractivity contribution is 5.87. The summed E-state index contributed by atoms with van der Waals surface area (Å²) < 4.78 is 0. The molecule has 1 aromatic carbocycles. The summed E-state index contributed by atoms with van der Waals surface area (Å²) >= 11 is 0. The molecule has 0 bridgehead atoms. The van der Waals surface area contributed by atoms with E-state index in [1.807, 2.05) is 0 Å². The zero-order valence-corrected chi connectivity index (χ0v) is 10.4. The predicted octanol–water partition coefficient (Wildman–Crippen LogP) is -0.442. The number of hydrogen-bond acceptors (Lipinski definition) is 5. The third kappa shape index (κ3) is 3.59. The van der Waals surface area contributed by atoms with E-state index in [2.05, 4.69) is 5.32 Å². The summed E-state index contributed by atoms with van der Waals surface area (Å²) in [7, 11) is 0. The number of aromatic hydroxyl groups is 2. The maximum atomic E-state index is 11.3. The molecule has 0 fully saturated rings. The van der Waals surface area contributed by atoms with Crippen LogP contribution in [0.15, 0.2) is 18.2 Å². The van der Waals surface area contributed by atoms with E-state index in [0.29, 0.717) is 5.56 Å². The first kappa shape index (κ1) is 14.8. The van der Waals surface area contributed by atoms with Gasteiger partial charge in [-0.05, 0) is 24.6 Å². The number of rotatable bonds is 5. The van der Waals surface area contributed by atoms with Crippen LogP contribution in [0, 0.1) is 0 Å². The number of nitrogens with one attached hydrogen (secondary N) is 1. The molecule has 0 saturated carbocycles. The number of aliphatic carboxylic acids is 1. The molecular weight excluding hydrogens is 252 g/mol. The van der Waals surface area contributed by atoms with Gasteiger partial charge in [0.2, 0.25) is 5.91 Å². The van der Waals surface area contributed by atoms with E-state index in [9.17, 15) is 24.9 Å². The second-order valence-electron chi connectivity index (χ2n) is 4.39. The van der Waals surface area contributed by atoms with E-state index in [-0.39, 0.29) is 24.5 Å². The summed E-state index contributed by atoms with van der Waals surface area (Å²) in [6.45, 7) is 1.02. The SMILES string of the molecule is C[C@@](Cc1ccc(O)c(O)c1)(NC(=O)CN)C(=O)O. The maximum absolute atomic E-state index is 11.3. The third-order valence-electron chi connectivity index (χ3n) is 2.67. The molecule has 1 aromatic rings. The molecule has 6 N–H and O–H groups in total. The van der Waals surface area contributed by atoms with Gasteiger partial charge in [-0.25, -0.2) is 4.79 Å². The summed E-state index contributed by atoms with van der Waals surface area (Å²) in [5, 5.41) is 30.1. The molecule has 0 radical (unpaired) electrons. The van der Waals surface area contributed by atoms with Crippen molar-refractivity contribution in [3.63, 3.8) is 0 Å². The lowest BCUT2D eigenvalue weighted by Crippen LogP contribution is -2.55. The average molecular weight is 268 g/mol. The summed E-state index contributed by atoms with van der Waals surface area (Å²) in [4.78, 5) is 22.5. The molecule has 19 heavy (non-hydrogen) atoms. The molecule has 1 amide bonds. The van der Waals surface area contributed by atoms with Crippen LogP contribution in [0.5, 0.6) is 11.5 Å². The van der Waals surface area contributed by atoms with Gasteiger partial charge in [-0.15, -0.1) is 0 Å². The van der Waals surface area contributed by atoms with Crippen LogP contribution in [0.1, 0.15) is 12.5 Å². The van der Waals surface area contributed by atoms with Gasteiger partial charge in [0, 0.05) is 6.42 Å². The molecule has 0 unspecified atom stereocenters. The van der Waals surface area contributed by atoms with E-state index in [1.54, 1.807) is 0 Å². The largest absolute Gasteiger partial charge is 0.504 e. The van der Waals surface area contributed by atoms with E-state index in [0.717, 1.165) is 0 Å². The minimum atomic E-state index is -1.54. The minimum absolute atomic E-state index is 0.0537. The van der Waals surface area contributed by atoms with Gasteiger partial charge < -0.3 is 26.4 Å². The summed E-state index contributed by atoms with van der Waals surface area (Å²) in [6.07, 6.45) is -0.0537. The molecule has 0 aromatic heterocycles. The third-order valence-corrected chi connectivity index (χ3v) is 2.67. The standard InChI is InChI=1S/C12H16N2O5/c1-12(11(18)19,14-10(17)6-13)5-7-2-3-8(15)9(16)4-7/h2-4,15-16H,5-6,13H2,1H3,(H,14,17)(H,18,19)/t12-/m0/s1. The zero-order chi connectivity index (χ0) is 14.6. The van der Waals surface area contributed by atoms with Crippen molar-refractivity contribution in [3.05, 3.63) is 23.8 Å². The number of carboxylic acid groups (broad SMARTS) is 1. The topological polar surface area (TPSA) is 133 Å². The molecule has 0 aliphatic rings. The number of carboxylic acids is 1. The van der Waals surface area contributed by atoms with Crippen LogP contribution in [-0.2, 0) is 16.0 Å². The molecule has 0 heterocycles. The number of nitrogens with two attached hydrogens (primary N) is 1. The van der Waals surface area contributed by atoms with Crippen molar-refractivity contribution in [2.24, 2.45) is 5.73 Å². The predicted molar refractivity (Wildman–Crippen MR) is 66.7 cm³/mol. The zero-order valence-electron chi connectivity index (χ0n) is 10.4. The van der Waals surface area contributed by atoms with Gasteiger partial charge in [0.1, 0.15) is 5.54 Å². The van der Waals surface area contributed by atoms with Gasteiger partial charge >= 0.3 is 5.97 Å². The summed E-state index contributed by atoms with van der Waals surface area (Å²) in [5.74, 6) is -2.46. The van der Waals surface area contributed by atoms with Crippen LogP contribution in [0.25, 0.3) is 0 Å². The van der Waals surface area contributed by atoms with Gasteiger partial charge in [0.05, 0.1) is 6.54 Å². The molecule has 1 rings (SSSR count). The first-order chi connectivity index (χ1) is 8.78. The molecule has 104 valence electrons.